The quantitative estimate of drug-likeness (QED) is 0.0993. The number of ether oxygens (including phenoxy) is 1. The van der Waals surface area contributed by atoms with E-state index in [1.165, 1.54) is 6.08 Å². The number of amidine groups is 2. The fourth-order valence-electron chi connectivity index (χ4n) is 3.21. The molecule has 0 bridgehead atoms. The fraction of sp³-hybridized carbons (Fsp3) is 0.783. The van der Waals surface area contributed by atoms with Crippen LogP contribution >= 0.6 is 0 Å². The molecule has 11 heteroatoms. The molecule has 190 valence electrons. The fourth-order valence-corrected chi connectivity index (χ4v) is 3.21. The number of nitrogens with one attached hydrogen (secondary N) is 3. The summed E-state index contributed by atoms with van der Waals surface area (Å²) >= 11 is 0. The van der Waals surface area contributed by atoms with Crippen molar-refractivity contribution >= 4 is 30.3 Å². The minimum absolute atomic E-state index is 0.0414. The summed E-state index contributed by atoms with van der Waals surface area (Å²) in [6.45, 7) is 3.38. The van der Waals surface area contributed by atoms with E-state index in [-0.39, 0.29) is 12.0 Å². The Hall–Kier alpha value is -3.12. The number of hydrogen-bond donors (Lipinski definition) is 3. The molecule has 0 heterocycles. The monoisotopic (exact) mass is 477 g/mol. The van der Waals surface area contributed by atoms with Crippen LogP contribution in [0.1, 0.15) is 77.0 Å². The van der Waals surface area contributed by atoms with E-state index in [0.717, 1.165) is 77.0 Å². The van der Waals surface area contributed by atoms with Gasteiger partial charge in [0.1, 0.15) is 0 Å². The zero-order valence-corrected chi connectivity index (χ0v) is 20.1. The number of isocyanates is 3. The van der Waals surface area contributed by atoms with Crippen molar-refractivity contribution in [3.8, 4) is 0 Å². The number of aliphatic imine (C=N–C) groups is 3. The summed E-state index contributed by atoms with van der Waals surface area (Å²) in [4.78, 5) is 42.7. The maximum absolute atomic E-state index is 10.1. The van der Waals surface area contributed by atoms with Crippen molar-refractivity contribution < 1.29 is 19.1 Å². The molecule has 0 fully saturated rings. The van der Waals surface area contributed by atoms with E-state index < -0.39 is 0 Å². The third kappa shape index (κ3) is 20.8. The molecule has 0 spiro atoms. The molecule has 0 saturated heterocycles. The molecule has 0 atom stereocenters. The van der Waals surface area contributed by atoms with Gasteiger partial charge in [0.05, 0.1) is 19.6 Å². The normalized spacial score (nSPS) is 9.76. The largest absolute Gasteiger partial charge is 0.393 e. The molecule has 0 amide bonds. The summed E-state index contributed by atoms with van der Waals surface area (Å²) in [5.41, 5.74) is 0. The minimum Gasteiger partial charge on any atom is -0.393 e. The Balaban J connectivity index is 4.28. The highest BCUT2D eigenvalue weighted by molar-refractivity contribution is 5.86. The Morgan fingerprint density at radius 3 is 1.50 bits per heavy atom. The predicted molar refractivity (Wildman–Crippen MR) is 130 cm³/mol. The van der Waals surface area contributed by atoms with Crippen LogP contribution in [0.15, 0.2) is 15.0 Å². The lowest BCUT2D eigenvalue weighted by Crippen LogP contribution is -2.38. The van der Waals surface area contributed by atoms with E-state index in [2.05, 4.69) is 20.3 Å². The highest BCUT2D eigenvalue weighted by atomic mass is 16.5. The lowest BCUT2D eigenvalue weighted by molar-refractivity contribution is 0.308. The molecule has 0 aromatic carbocycles. The second kappa shape index (κ2) is 24.5. The van der Waals surface area contributed by atoms with Gasteiger partial charge in [0.25, 0.3) is 12.0 Å². The zero-order valence-electron chi connectivity index (χ0n) is 20.1. The molecule has 0 aliphatic carbocycles. The van der Waals surface area contributed by atoms with Crippen LogP contribution in [0.5, 0.6) is 0 Å². The van der Waals surface area contributed by atoms with Crippen LogP contribution in [0.4, 0.5) is 0 Å². The second-order valence-electron chi connectivity index (χ2n) is 7.81. The van der Waals surface area contributed by atoms with Gasteiger partial charge >= 0.3 is 0 Å². The first-order chi connectivity index (χ1) is 16.7. The molecule has 0 unspecified atom stereocenters. The van der Waals surface area contributed by atoms with Crippen LogP contribution in [0.25, 0.3) is 0 Å². The van der Waals surface area contributed by atoms with Crippen LogP contribution < -0.4 is 5.32 Å². The standard InChI is InChI=1S/C23H39N7O4/c24-22(29-16-10-2-1-7-13-26-19-31)34-23(25)30(17-11-5-3-8-14-27-20-32)18-12-6-4-9-15-28-21-33/h25H,1-18H2,(H2,24,29). The Bertz CT molecular complexity index is 667. The van der Waals surface area contributed by atoms with Gasteiger partial charge in [-0.1, -0.05) is 38.5 Å². The average molecular weight is 478 g/mol. The molecular weight excluding hydrogens is 438 g/mol. The molecule has 0 radical (unpaired) electrons. The van der Waals surface area contributed by atoms with Gasteiger partial charge in [0.15, 0.2) is 0 Å². The van der Waals surface area contributed by atoms with Crippen LogP contribution in [0, 0.1) is 10.8 Å². The number of rotatable bonds is 21. The lowest BCUT2D eigenvalue weighted by Gasteiger charge is -2.24. The average Bonchev–Trinajstić information content (AvgIpc) is 2.83. The third-order valence-electron chi connectivity index (χ3n) is 5.06. The Labute approximate surface area is 202 Å². The molecule has 0 aliphatic heterocycles. The van der Waals surface area contributed by atoms with Crippen molar-refractivity contribution in [1.29, 1.82) is 10.8 Å². The van der Waals surface area contributed by atoms with Crippen molar-refractivity contribution in [3.05, 3.63) is 0 Å². The molecule has 0 aliphatic rings. The second-order valence-corrected chi connectivity index (χ2v) is 7.81. The highest BCUT2D eigenvalue weighted by Crippen LogP contribution is 2.07. The lowest BCUT2D eigenvalue weighted by atomic mass is 10.1. The predicted octanol–water partition coefficient (Wildman–Crippen LogP) is 3.45. The van der Waals surface area contributed by atoms with Gasteiger partial charge in [-0.15, -0.1) is 0 Å². The van der Waals surface area contributed by atoms with Crippen molar-refractivity contribution in [2.75, 3.05) is 39.3 Å². The third-order valence-corrected chi connectivity index (χ3v) is 5.06. The van der Waals surface area contributed by atoms with Crippen molar-refractivity contribution in [3.63, 3.8) is 0 Å². The summed E-state index contributed by atoms with van der Waals surface area (Å²) in [5.74, 6) is 0. The molecule has 3 N–H and O–H groups in total. The van der Waals surface area contributed by atoms with E-state index in [0.29, 0.717) is 39.3 Å². The van der Waals surface area contributed by atoms with Crippen molar-refractivity contribution in [2.45, 2.75) is 77.0 Å². The Kier molecular flexibility index (Phi) is 22.3. The van der Waals surface area contributed by atoms with E-state index in [1.807, 2.05) is 4.90 Å². The molecule has 0 saturated carbocycles. The number of unbranched alkanes of at least 4 members (excludes halogenated alkanes) is 9. The summed E-state index contributed by atoms with van der Waals surface area (Å²) < 4.78 is 5.40. The maximum atomic E-state index is 10.1. The van der Waals surface area contributed by atoms with E-state index in [9.17, 15) is 14.4 Å². The first-order valence-corrected chi connectivity index (χ1v) is 12.1. The van der Waals surface area contributed by atoms with Gasteiger partial charge in [-0.25, -0.2) is 29.4 Å². The highest BCUT2D eigenvalue weighted by Gasteiger charge is 2.13. The number of carbonyl (C=O) groups excluding carboxylic acids is 3. The topological polar surface area (TPSA) is 160 Å². The smallest absolute Gasteiger partial charge is 0.292 e. The maximum Gasteiger partial charge on any atom is 0.292 e. The number of nitrogens with zero attached hydrogens (tertiary/aromatic N) is 4. The summed E-state index contributed by atoms with van der Waals surface area (Å²) in [7, 11) is 0. The van der Waals surface area contributed by atoms with Crippen LogP contribution in [-0.2, 0) is 19.1 Å². The molecular formula is C23H39N7O4. The molecule has 0 aromatic heterocycles. The zero-order chi connectivity index (χ0) is 25.1. The summed E-state index contributed by atoms with van der Waals surface area (Å²) in [5, 5.41) is 19.1. The van der Waals surface area contributed by atoms with E-state index >= 15 is 0 Å². The van der Waals surface area contributed by atoms with Gasteiger partial charge < -0.3 is 15.0 Å². The first-order valence-electron chi connectivity index (χ1n) is 12.1. The van der Waals surface area contributed by atoms with E-state index in [4.69, 9.17) is 15.6 Å². The van der Waals surface area contributed by atoms with Crippen LogP contribution in [0.3, 0.4) is 0 Å². The molecule has 0 aromatic rings. The van der Waals surface area contributed by atoms with Gasteiger partial charge in [-0.05, 0) is 38.5 Å². The summed E-state index contributed by atoms with van der Waals surface area (Å²) in [6, 6.07) is -0.181. The Morgan fingerprint density at radius 2 is 1.06 bits per heavy atom. The van der Waals surface area contributed by atoms with Crippen molar-refractivity contribution in [1.82, 2.24) is 10.2 Å². The van der Waals surface area contributed by atoms with Gasteiger partial charge in [0.2, 0.25) is 18.2 Å². The first kappa shape index (κ1) is 30.9. The van der Waals surface area contributed by atoms with E-state index in [1.54, 1.807) is 12.2 Å². The van der Waals surface area contributed by atoms with Crippen LogP contribution in [-0.4, -0.2) is 74.5 Å². The molecule has 11 nitrogen and oxygen atoms in total. The number of hydrogen-bond acceptors (Lipinski definition) is 9. The minimum atomic E-state index is -0.140. The van der Waals surface area contributed by atoms with Gasteiger partial charge in [-0.3, -0.25) is 10.8 Å². The van der Waals surface area contributed by atoms with Gasteiger partial charge in [-0.2, -0.15) is 0 Å². The SMILES string of the molecule is N=C(NCCCCCCN=C=O)OC(=N)N(CCCCCCN=C=O)CCCCCCN=C=O. The van der Waals surface area contributed by atoms with Gasteiger partial charge in [0, 0.05) is 19.6 Å². The molecule has 0 rings (SSSR count). The Morgan fingerprint density at radius 1 is 0.647 bits per heavy atom. The molecule has 34 heavy (non-hydrogen) atoms. The van der Waals surface area contributed by atoms with Crippen LogP contribution in [0.2, 0.25) is 0 Å². The summed E-state index contributed by atoms with van der Waals surface area (Å²) in [6.07, 6.45) is 15.4. The van der Waals surface area contributed by atoms with Crippen molar-refractivity contribution in [2.24, 2.45) is 15.0 Å².